The molecule has 0 aromatic heterocycles. The highest BCUT2D eigenvalue weighted by molar-refractivity contribution is 6.00. The molecule has 2 atom stereocenters. The summed E-state index contributed by atoms with van der Waals surface area (Å²) in [6.07, 6.45) is 1.22. The average Bonchev–Trinajstić information content (AvgIpc) is 3.50. The van der Waals surface area contributed by atoms with Crippen LogP contribution in [0.3, 0.4) is 0 Å². The fourth-order valence-corrected chi connectivity index (χ4v) is 3.16. The third-order valence-electron chi connectivity index (χ3n) is 4.91. The molecule has 0 spiro atoms. The van der Waals surface area contributed by atoms with E-state index in [-0.39, 0.29) is 29.4 Å². The second-order valence-electron chi connectivity index (χ2n) is 6.92. The van der Waals surface area contributed by atoms with E-state index in [1.807, 2.05) is 24.3 Å². The summed E-state index contributed by atoms with van der Waals surface area (Å²) in [7, 11) is 1.62. The van der Waals surface area contributed by atoms with Gasteiger partial charge in [0, 0.05) is 17.8 Å². The van der Waals surface area contributed by atoms with E-state index in [0.29, 0.717) is 30.6 Å². The number of hydrogen-bond acceptors (Lipinski definition) is 4. The highest BCUT2D eigenvalue weighted by Gasteiger charge is 2.47. The predicted molar refractivity (Wildman–Crippen MR) is 106 cm³/mol. The second-order valence-corrected chi connectivity index (χ2v) is 6.92. The summed E-state index contributed by atoms with van der Waals surface area (Å²) in [5, 5.41) is 5.71. The molecule has 1 aliphatic rings. The van der Waals surface area contributed by atoms with E-state index in [1.165, 1.54) is 6.92 Å². The highest BCUT2D eigenvalue weighted by Crippen LogP contribution is 2.39. The minimum atomic E-state index is -0.307. The smallest absolute Gasteiger partial charge is 0.228 e. The molecule has 2 aromatic carbocycles. The van der Waals surface area contributed by atoms with Gasteiger partial charge in [-0.2, -0.15) is 0 Å². The lowest BCUT2D eigenvalue weighted by atomic mass is 10.1. The van der Waals surface area contributed by atoms with Crippen LogP contribution >= 0.6 is 0 Å². The third-order valence-corrected chi connectivity index (χ3v) is 4.91. The Bertz CT molecular complexity index is 876. The molecule has 0 bridgehead atoms. The quantitative estimate of drug-likeness (QED) is 0.690. The molecule has 3 rings (SSSR count). The number of Topliss-reactive ketones (excluding diaryl/α,β-unsaturated/α-hetero) is 1. The van der Waals surface area contributed by atoms with Crippen molar-refractivity contribution in [3.63, 3.8) is 0 Å². The Labute approximate surface area is 164 Å². The van der Waals surface area contributed by atoms with Gasteiger partial charge in [-0.25, -0.2) is 0 Å². The Hall–Kier alpha value is -3.15. The van der Waals surface area contributed by atoms with Crippen molar-refractivity contribution in [2.24, 2.45) is 11.8 Å². The largest absolute Gasteiger partial charge is 0.496 e. The number of anilines is 1. The van der Waals surface area contributed by atoms with Crippen molar-refractivity contribution in [3.05, 3.63) is 59.7 Å². The van der Waals surface area contributed by atoms with Gasteiger partial charge < -0.3 is 15.4 Å². The molecule has 2 unspecified atom stereocenters. The molecule has 6 heteroatoms. The van der Waals surface area contributed by atoms with Crippen LogP contribution in [0.5, 0.6) is 5.75 Å². The second kappa shape index (κ2) is 8.69. The first-order valence-corrected chi connectivity index (χ1v) is 9.31. The summed E-state index contributed by atoms with van der Waals surface area (Å²) in [5.41, 5.74) is 2.25. The van der Waals surface area contributed by atoms with E-state index in [2.05, 4.69) is 10.6 Å². The van der Waals surface area contributed by atoms with E-state index in [0.717, 1.165) is 11.3 Å². The molecule has 0 saturated heterocycles. The van der Waals surface area contributed by atoms with Gasteiger partial charge in [-0.15, -0.1) is 0 Å². The molecule has 0 heterocycles. The van der Waals surface area contributed by atoms with Crippen LogP contribution in [0.2, 0.25) is 0 Å². The monoisotopic (exact) mass is 380 g/mol. The topological polar surface area (TPSA) is 84.5 Å². The van der Waals surface area contributed by atoms with Crippen LogP contribution in [-0.4, -0.2) is 31.3 Å². The summed E-state index contributed by atoms with van der Waals surface area (Å²) in [6.45, 7) is 1.99. The number of ketones is 1. The zero-order valence-corrected chi connectivity index (χ0v) is 16.0. The number of ether oxygens (including phenoxy) is 1. The Morgan fingerprint density at radius 1 is 1.00 bits per heavy atom. The van der Waals surface area contributed by atoms with E-state index in [9.17, 15) is 14.4 Å². The number of hydrogen-bond donors (Lipinski definition) is 2. The molecule has 2 N–H and O–H groups in total. The predicted octanol–water partition coefficient (Wildman–Crippen LogP) is 2.83. The van der Waals surface area contributed by atoms with Crippen LogP contribution in [-0.2, 0) is 16.0 Å². The van der Waals surface area contributed by atoms with Gasteiger partial charge in [0.25, 0.3) is 0 Å². The molecule has 1 fully saturated rings. The van der Waals surface area contributed by atoms with E-state index in [4.69, 9.17) is 4.74 Å². The van der Waals surface area contributed by atoms with Gasteiger partial charge >= 0.3 is 0 Å². The number of benzene rings is 2. The Balaban J connectivity index is 1.44. The lowest BCUT2D eigenvalue weighted by Crippen LogP contribution is -2.29. The molecule has 0 aliphatic heterocycles. The van der Waals surface area contributed by atoms with Crippen molar-refractivity contribution < 1.29 is 19.1 Å². The third kappa shape index (κ3) is 4.76. The van der Waals surface area contributed by atoms with Crippen LogP contribution < -0.4 is 15.4 Å². The highest BCUT2D eigenvalue weighted by atomic mass is 16.5. The fraction of sp³-hybridized carbons (Fsp3) is 0.318. The van der Waals surface area contributed by atoms with Crippen molar-refractivity contribution in [2.45, 2.75) is 19.8 Å². The SMILES string of the molecule is COc1ccccc1CCNC(=O)C1CC1C(=O)Nc1ccc(C(C)=O)cc1. The zero-order chi connectivity index (χ0) is 20.1. The molecule has 2 amide bonds. The lowest BCUT2D eigenvalue weighted by Gasteiger charge is -2.09. The Morgan fingerprint density at radius 3 is 2.36 bits per heavy atom. The molecule has 1 saturated carbocycles. The van der Waals surface area contributed by atoms with E-state index >= 15 is 0 Å². The van der Waals surface area contributed by atoms with Gasteiger partial charge in [0.05, 0.1) is 18.9 Å². The standard InChI is InChI=1S/C22H24N2O4/c1-14(25)15-7-9-17(10-8-15)24-22(27)19-13-18(19)21(26)23-12-11-16-5-3-4-6-20(16)28-2/h3-10,18-19H,11-13H2,1-2H3,(H,23,26)(H,24,27). The minimum absolute atomic E-state index is 0.0232. The van der Waals surface area contributed by atoms with Gasteiger partial charge in [-0.05, 0) is 55.7 Å². The summed E-state index contributed by atoms with van der Waals surface area (Å²) < 4.78 is 5.30. The van der Waals surface area contributed by atoms with Crippen LogP contribution in [0.4, 0.5) is 5.69 Å². The van der Waals surface area contributed by atoms with Crippen molar-refractivity contribution in [1.82, 2.24) is 5.32 Å². The van der Waals surface area contributed by atoms with Crippen LogP contribution in [0.25, 0.3) is 0 Å². The van der Waals surface area contributed by atoms with Crippen LogP contribution in [0.15, 0.2) is 48.5 Å². The molecule has 28 heavy (non-hydrogen) atoms. The fourth-order valence-electron chi connectivity index (χ4n) is 3.16. The number of amides is 2. The van der Waals surface area contributed by atoms with Gasteiger partial charge in [0.1, 0.15) is 5.75 Å². The maximum atomic E-state index is 12.3. The number of para-hydroxylation sites is 1. The zero-order valence-electron chi connectivity index (χ0n) is 16.0. The first-order valence-electron chi connectivity index (χ1n) is 9.31. The van der Waals surface area contributed by atoms with Gasteiger partial charge in [0.15, 0.2) is 5.78 Å². The Kier molecular flexibility index (Phi) is 6.09. The number of methoxy groups -OCH3 is 1. The van der Waals surface area contributed by atoms with E-state index in [1.54, 1.807) is 31.4 Å². The van der Waals surface area contributed by atoms with Crippen LogP contribution in [0.1, 0.15) is 29.3 Å². The van der Waals surface area contributed by atoms with Crippen molar-refractivity contribution in [3.8, 4) is 5.75 Å². The number of nitrogens with one attached hydrogen (secondary N) is 2. The lowest BCUT2D eigenvalue weighted by molar-refractivity contribution is -0.125. The molecule has 6 nitrogen and oxygen atoms in total. The van der Waals surface area contributed by atoms with Gasteiger partial charge in [0.2, 0.25) is 11.8 Å². The molecule has 146 valence electrons. The minimum Gasteiger partial charge on any atom is -0.496 e. The average molecular weight is 380 g/mol. The number of rotatable bonds is 8. The summed E-state index contributed by atoms with van der Waals surface area (Å²) in [6, 6.07) is 14.4. The Morgan fingerprint density at radius 2 is 1.68 bits per heavy atom. The van der Waals surface area contributed by atoms with Gasteiger partial charge in [-0.3, -0.25) is 14.4 Å². The number of carbonyl (C=O) groups is 3. The first-order chi connectivity index (χ1) is 13.5. The van der Waals surface area contributed by atoms with Crippen molar-refractivity contribution in [1.29, 1.82) is 0 Å². The molecule has 1 aliphatic carbocycles. The molecule has 2 aromatic rings. The maximum absolute atomic E-state index is 12.3. The van der Waals surface area contributed by atoms with Crippen molar-refractivity contribution >= 4 is 23.3 Å². The van der Waals surface area contributed by atoms with Gasteiger partial charge in [-0.1, -0.05) is 18.2 Å². The van der Waals surface area contributed by atoms with E-state index < -0.39 is 0 Å². The normalized spacial score (nSPS) is 17.5. The maximum Gasteiger partial charge on any atom is 0.228 e. The van der Waals surface area contributed by atoms with Crippen LogP contribution in [0, 0.1) is 11.8 Å². The van der Waals surface area contributed by atoms with Crippen molar-refractivity contribution in [2.75, 3.05) is 19.0 Å². The molecular formula is C22H24N2O4. The number of carbonyl (C=O) groups excluding carboxylic acids is 3. The summed E-state index contributed by atoms with van der Waals surface area (Å²) in [5.74, 6) is -0.0727. The molecular weight excluding hydrogens is 356 g/mol. The molecule has 0 radical (unpaired) electrons. The summed E-state index contributed by atoms with van der Waals surface area (Å²) >= 11 is 0. The first kappa shape index (κ1) is 19.6. The summed E-state index contributed by atoms with van der Waals surface area (Å²) in [4.78, 5) is 35.9.